The smallest absolute Gasteiger partial charge is 0.251 e. The molecule has 1 spiro atoms. The molecular weight excluding hydrogens is 376 g/mol. The van der Waals surface area contributed by atoms with E-state index in [1.807, 2.05) is 13.8 Å². The van der Waals surface area contributed by atoms with Gasteiger partial charge < -0.3 is 24.9 Å². The maximum Gasteiger partial charge on any atom is 0.251 e. The van der Waals surface area contributed by atoms with Gasteiger partial charge in [0.2, 0.25) is 5.91 Å². The van der Waals surface area contributed by atoms with Gasteiger partial charge in [0.15, 0.2) is 0 Å². The normalized spacial score (nSPS) is 27.1. The van der Waals surface area contributed by atoms with Gasteiger partial charge in [-0.3, -0.25) is 14.5 Å². The van der Waals surface area contributed by atoms with Crippen molar-refractivity contribution in [1.29, 1.82) is 0 Å². The third-order valence-electron chi connectivity index (χ3n) is 5.90. The number of piperidine rings is 1. The molecule has 29 heavy (non-hydrogen) atoms. The summed E-state index contributed by atoms with van der Waals surface area (Å²) >= 11 is 0. The fourth-order valence-electron chi connectivity index (χ4n) is 4.35. The molecule has 1 aromatic rings. The van der Waals surface area contributed by atoms with Crippen LogP contribution in [-0.4, -0.2) is 76.0 Å². The van der Waals surface area contributed by atoms with E-state index in [-0.39, 0.29) is 30.3 Å². The van der Waals surface area contributed by atoms with E-state index in [1.54, 1.807) is 6.92 Å². The molecule has 2 atom stereocenters. The molecule has 3 heterocycles. The van der Waals surface area contributed by atoms with Gasteiger partial charge in [-0.2, -0.15) is 0 Å². The van der Waals surface area contributed by atoms with Crippen molar-refractivity contribution in [2.24, 2.45) is 0 Å². The predicted molar refractivity (Wildman–Crippen MR) is 106 cm³/mol. The summed E-state index contributed by atoms with van der Waals surface area (Å²) in [5.74, 6) is 0.391. The van der Waals surface area contributed by atoms with E-state index in [0.29, 0.717) is 25.4 Å². The highest BCUT2D eigenvalue weighted by atomic mass is 16.5. The molecule has 9 heteroatoms. The lowest BCUT2D eigenvalue weighted by atomic mass is 9.74. The first-order valence-electron chi connectivity index (χ1n) is 10.2. The molecule has 0 bridgehead atoms. The number of aromatic amines is 1. The number of ether oxygens (including phenoxy) is 2. The molecule has 1 amide bonds. The van der Waals surface area contributed by atoms with Gasteiger partial charge in [0.25, 0.3) is 5.56 Å². The second-order valence-corrected chi connectivity index (χ2v) is 8.39. The fraction of sp³-hybridized carbons (Fsp3) is 0.750. The van der Waals surface area contributed by atoms with Crippen LogP contribution in [0.25, 0.3) is 0 Å². The van der Waals surface area contributed by atoms with Gasteiger partial charge in [-0.15, -0.1) is 0 Å². The van der Waals surface area contributed by atoms with E-state index in [9.17, 15) is 14.7 Å². The van der Waals surface area contributed by atoms with Crippen molar-refractivity contribution in [3.05, 3.63) is 27.9 Å². The number of hydrogen-bond acceptors (Lipinski definition) is 7. The summed E-state index contributed by atoms with van der Waals surface area (Å²) in [4.78, 5) is 33.1. The van der Waals surface area contributed by atoms with Gasteiger partial charge in [-0.05, 0) is 33.6 Å². The third-order valence-corrected chi connectivity index (χ3v) is 5.90. The molecule has 2 aliphatic heterocycles. The molecule has 2 fully saturated rings. The van der Waals surface area contributed by atoms with Crippen LogP contribution in [0.5, 0.6) is 0 Å². The Labute approximate surface area is 170 Å². The number of H-pyrrole nitrogens is 1. The predicted octanol–water partition coefficient (Wildman–Crippen LogP) is 0.106. The number of carbonyl (C=O) groups is 1. The Morgan fingerprint density at radius 2 is 2.21 bits per heavy atom. The molecule has 9 nitrogen and oxygen atoms in total. The van der Waals surface area contributed by atoms with Crippen molar-refractivity contribution < 1.29 is 19.4 Å². The van der Waals surface area contributed by atoms with Crippen LogP contribution in [-0.2, 0) is 20.8 Å². The number of carbonyl (C=O) groups excluding carboxylic acids is 1. The third kappa shape index (κ3) is 5.42. The minimum Gasteiger partial charge on any atom is -0.388 e. The van der Waals surface area contributed by atoms with Crippen molar-refractivity contribution in [3.8, 4) is 0 Å². The highest BCUT2D eigenvalue weighted by Crippen LogP contribution is 2.39. The van der Waals surface area contributed by atoms with E-state index in [4.69, 9.17) is 9.47 Å². The lowest BCUT2D eigenvalue weighted by molar-refractivity contribution is -0.182. The van der Waals surface area contributed by atoms with E-state index in [0.717, 1.165) is 31.6 Å². The van der Waals surface area contributed by atoms with Gasteiger partial charge in [-0.25, -0.2) is 4.98 Å². The number of nitrogens with zero attached hydrogens (tertiary/aromatic N) is 2. The Balaban J connectivity index is 1.60. The first-order chi connectivity index (χ1) is 13.7. The van der Waals surface area contributed by atoms with Gasteiger partial charge in [0.05, 0.1) is 23.4 Å². The summed E-state index contributed by atoms with van der Waals surface area (Å²) in [5, 5.41) is 13.4. The summed E-state index contributed by atoms with van der Waals surface area (Å²) in [7, 11) is 0. The number of aryl methyl sites for hydroxylation is 1. The summed E-state index contributed by atoms with van der Waals surface area (Å²) in [6.45, 7) is 8.36. The van der Waals surface area contributed by atoms with Crippen molar-refractivity contribution in [1.82, 2.24) is 20.2 Å². The molecule has 0 aliphatic carbocycles. The average molecular weight is 408 g/mol. The van der Waals surface area contributed by atoms with E-state index >= 15 is 0 Å². The second-order valence-electron chi connectivity index (χ2n) is 8.39. The minimum absolute atomic E-state index is 0.0108. The average Bonchev–Trinajstić information content (AvgIpc) is 2.65. The molecular formula is C20H32N4O5. The molecule has 0 unspecified atom stereocenters. The summed E-state index contributed by atoms with van der Waals surface area (Å²) in [6.07, 6.45) is 1.37. The number of aliphatic hydroxyl groups is 1. The summed E-state index contributed by atoms with van der Waals surface area (Å²) < 4.78 is 11.3. The van der Waals surface area contributed by atoms with Crippen LogP contribution in [0.1, 0.15) is 44.6 Å². The van der Waals surface area contributed by atoms with Crippen LogP contribution in [0, 0.1) is 6.92 Å². The lowest BCUT2D eigenvalue weighted by Crippen LogP contribution is -2.66. The van der Waals surface area contributed by atoms with Crippen LogP contribution in [0.3, 0.4) is 0 Å². The monoisotopic (exact) mass is 408 g/mol. The zero-order valence-electron chi connectivity index (χ0n) is 17.5. The Bertz CT molecular complexity index is 774. The van der Waals surface area contributed by atoms with E-state index < -0.39 is 11.6 Å². The highest BCUT2D eigenvalue weighted by molar-refractivity contribution is 5.78. The van der Waals surface area contributed by atoms with Gasteiger partial charge in [0, 0.05) is 38.7 Å². The molecule has 1 aromatic heterocycles. The molecule has 2 saturated heterocycles. The van der Waals surface area contributed by atoms with Crippen LogP contribution in [0.2, 0.25) is 0 Å². The van der Waals surface area contributed by atoms with E-state index in [1.165, 1.54) is 6.07 Å². The van der Waals surface area contributed by atoms with Gasteiger partial charge in [-0.1, -0.05) is 0 Å². The topological polar surface area (TPSA) is 117 Å². The quantitative estimate of drug-likeness (QED) is 0.611. The Hall–Kier alpha value is -1.81. The van der Waals surface area contributed by atoms with E-state index in [2.05, 4.69) is 20.2 Å². The van der Waals surface area contributed by atoms with Crippen molar-refractivity contribution in [2.75, 3.05) is 32.9 Å². The number of amides is 1. The minimum atomic E-state index is -0.764. The molecule has 3 N–H and O–H groups in total. The first-order valence-corrected chi connectivity index (χ1v) is 10.2. The van der Waals surface area contributed by atoms with Crippen LogP contribution < -0.4 is 10.9 Å². The number of aromatic nitrogens is 2. The molecule has 162 valence electrons. The maximum atomic E-state index is 12.2. The largest absolute Gasteiger partial charge is 0.388 e. The van der Waals surface area contributed by atoms with Gasteiger partial charge in [0.1, 0.15) is 18.5 Å². The Morgan fingerprint density at radius 3 is 2.86 bits per heavy atom. The Kier molecular flexibility index (Phi) is 6.72. The van der Waals surface area contributed by atoms with Crippen molar-refractivity contribution in [3.63, 3.8) is 0 Å². The second kappa shape index (κ2) is 8.91. The summed E-state index contributed by atoms with van der Waals surface area (Å²) in [5.41, 5.74) is -0.500. The molecule has 2 aliphatic rings. The van der Waals surface area contributed by atoms with Crippen LogP contribution in [0.4, 0.5) is 0 Å². The van der Waals surface area contributed by atoms with Crippen LogP contribution >= 0.6 is 0 Å². The number of hydrogen-bond donors (Lipinski definition) is 3. The highest BCUT2D eigenvalue weighted by Gasteiger charge is 2.50. The zero-order valence-corrected chi connectivity index (χ0v) is 17.5. The standard InChI is InChI=1S/C20H32N4O5/c1-4-28-12-18(27)23-19(3)13-20(29-11-16(19)25)5-7-24(8-6-20)10-15-9-17(26)22-14(2)21-15/h9,16,25H,4-8,10-13H2,1-3H3,(H,23,27)(H,21,22,26)/t16-,19-/m0/s1. The fourth-order valence-corrected chi connectivity index (χ4v) is 4.35. The number of likely N-dealkylation sites (tertiary alicyclic amines) is 1. The molecule has 0 saturated carbocycles. The van der Waals surface area contributed by atoms with Crippen LogP contribution in [0.15, 0.2) is 10.9 Å². The molecule has 0 radical (unpaired) electrons. The van der Waals surface area contributed by atoms with Gasteiger partial charge >= 0.3 is 0 Å². The lowest BCUT2D eigenvalue weighted by Gasteiger charge is -2.52. The number of nitrogens with one attached hydrogen (secondary N) is 2. The maximum absolute atomic E-state index is 12.2. The first kappa shape index (κ1) is 21.9. The van der Waals surface area contributed by atoms with Crippen molar-refractivity contribution in [2.45, 2.75) is 63.8 Å². The molecule has 0 aromatic carbocycles. The Morgan fingerprint density at radius 1 is 1.48 bits per heavy atom. The number of aliphatic hydroxyl groups excluding tert-OH is 1. The zero-order chi connectivity index (χ0) is 21.1. The number of rotatable bonds is 6. The SMILES string of the molecule is CCOCC(=O)N[C@@]1(C)CC2(CCN(Cc3cc(=O)[nH]c(C)n3)CC2)OC[C@@H]1O. The van der Waals surface area contributed by atoms with Crippen molar-refractivity contribution >= 4 is 5.91 Å². The molecule has 3 rings (SSSR count). The summed E-state index contributed by atoms with van der Waals surface area (Å²) in [6, 6.07) is 1.54.